The zero-order valence-corrected chi connectivity index (χ0v) is 12.1. The summed E-state index contributed by atoms with van der Waals surface area (Å²) in [6.45, 7) is 2.07. The molecule has 0 nitrogen and oxygen atoms in total. The molecule has 0 aromatic heterocycles. The Morgan fingerprint density at radius 3 is 2.42 bits per heavy atom. The molecule has 2 aromatic carbocycles. The minimum atomic E-state index is -4.26. The Kier molecular flexibility index (Phi) is 4.10. The Morgan fingerprint density at radius 2 is 1.74 bits per heavy atom. The highest BCUT2D eigenvalue weighted by Gasteiger charge is 2.30. The van der Waals surface area contributed by atoms with Crippen molar-refractivity contribution in [3.05, 3.63) is 59.7 Å². The van der Waals surface area contributed by atoms with Crippen LogP contribution in [-0.4, -0.2) is 9.52 Å². The Labute approximate surface area is 113 Å². The molecule has 0 aliphatic rings. The fourth-order valence-corrected chi connectivity index (χ4v) is 4.02. The molecule has 0 atom stereocenters. The van der Waals surface area contributed by atoms with Crippen molar-refractivity contribution in [2.24, 2.45) is 0 Å². The Balaban J connectivity index is 2.29. The van der Waals surface area contributed by atoms with Gasteiger partial charge in [0.15, 0.2) is 0 Å². The number of alkyl halides is 3. The molecular formula is C15H15F3Si. The fraction of sp³-hybridized carbons (Fsp3) is 0.200. The maximum Gasteiger partial charge on any atom is 0.416 e. The van der Waals surface area contributed by atoms with Crippen molar-refractivity contribution in [3.8, 4) is 0 Å². The summed E-state index contributed by atoms with van der Waals surface area (Å²) in [4.78, 5) is 0. The highest BCUT2D eigenvalue weighted by atomic mass is 28.2. The highest BCUT2D eigenvalue weighted by Crippen LogP contribution is 2.27. The quantitative estimate of drug-likeness (QED) is 0.757. The van der Waals surface area contributed by atoms with Gasteiger partial charge in [-0.2, -0.15) is 13.2 Å². The van der Waals surface area contributed by atoms with Crippen molar-refractivity contribution in [1.82, 2.24) is 0 Å². The van der Waals surface area contributed by atoms with Crippen LogP contribution in [0.3, 0.4) is 0 Å². The Hall–Kier alpha value is -1.55. The molecule has 0 bridgehead atoms. The number of benzene rings is 2. The van der Waals surface area contributed by atoms with Crippen molar-refractivity contribution >= 4 is 19.9 Å². The van der Waals surface area contributed by atoms with Gasteiger partial charge in [0.25, 0.3) is 0 Å². The van der Waals surface area contributed by atoms with E-state index < -0.39 is 21.3 Å². The highest BCUT2D eigenvalue weighted by molar-refractivity contribution is 6.67. The summed E-state index contributed by atoms with van der Waals surface area (Å²) in [7, 11) is -0.853. The van der Waals surface area contributed by atoms with E-state index in [0.29, 0.717) is 0 Å². The first-order valence-electron chi connectivity index (χ1n) is 6.23. The fourth-order valence-electron chi connectivity index (χ4n) is 2.15. The van der Waals surface area contributed by atoms with E-state index in [-0.39, 0.29) is 0 Å². The molecule has 0 spiro atoms. The molecular weight excluding hydrogens is 265 g/mol. The monoisotopic (exact) mass is 280 g/mol. The van der Waals surface area contributed by atoms with E-state index in [4.69, 9.17) is 0 Å². The molecule has 2 aromatic rings. The van der Waals surface area contributed by atoms with E-state index in [1.165, 1.54) is 22.9 Å². The van der Waals surface area contributed by atoms with Gasteiger partial charge in [-0.3, -0.25) is 0 Å². The average Bonchev–Trinajstić information content (AvgIpc) is 2.39. The lowest BCUT2D eigenvalue weighted by atomic mass is 10.2. The second kappa shape index (κ2) is 5.61. The van der Waals surface area contributed by atoms with E-state index in [9.17, 15) is 13.2 Å². The third-order valence-corrected chi connectivity index (χ3v) is 5.07. The maximum atomic E-state index is 12.7. The van der Waals surface area contributed by atoms with Gasteiger partial charge in [-0.15, -0.1) is 0 Å². The minimum absolute atomic E-state index is 0.550. The molecule has 0 radical (unpaired) electrons. The van der Waals surface area contributed by atoms with Gasteiger partial charge < -0.3 is 0 Å². The van der Waals surface area contributed by atoms with Gasteiger partial charge in [0.1, 0.15) is 0 Å². The first-order valence-corrected chi connectivity index (χ1v) is 7.65. The zero-order valence-electron chi connectivity index (χ0n) is 10.7. The van der Waals surface area contributed by atoms with Crippen LogP contribution in [0.5, 0.6) is 0 Å². The van der Waals surface area contributed by atoms with Crippen molar-refractivity contribution in [3.63, 3.8) is 0 Å². The molecule has 19 heavy (non-hydrogen) atoms. The van der Waals surface area contributed by atoms with Crippen molar-refractivity contribution in [2.45, 2.75) is 19.5 Å². The van der Waals surface area contributed by atoms with Crippen molar-refractivity contribution in [2.75, 3.05) is 0 Å². The largest absolute Gasteiger partial charge is 0.416 e. The molecule has 0 aliphatic heterocycles. The summed E-state index contributed by atoms with van der Waals surface area (Å²) in [5, 5.41) is 2.06. The second-order valence-electron chi connectivity index (χ2n) is 4.50. The van der Waals surface area contributed by atoms with E-state index in [0.717, 1.165) is 17.7 Å². The van der Waals surface area contributed by atoms with Gasteiger partial charge in [-0.05, 0) is 12.0 Å². The number of hydrogen-bond acceptors (Lipinski definition) is 0. The summed E-state index contributed by atoms with van der Waals surface area (Å²) in [6.07, 6.45) is -3.34. The molecule has 0 unspecified atom stereocenters. The van der Waals surface area contributed by atoms with Gasteiger partial charge >= 0.3 is 6.18 Å². The van der Waals surface area contributed by atoms with Gasteiger partial charge in [-0.1, -0.05) is 65.8 Å². The number of hydrogen-bond donors (Lipinski definition) is 0. The molecule has 0 N–H and O–H groups in total. The molecule has 100 valence electrons. The Morgan fingerprint density at radius 1 is 1.00 bits per heavy atom. The standard InChI is InChI=1S/C15H15F3Si/c1-2-11-6-3-4-9-14(11)19-13-8-5-7-12(10-13)15(16,17)18/h3-10H,2,19H2,1H3. The normalized spacial score (nSPS) is 12.2. The summed E-state index contributed by atoms with van der Waals surface area (Å²) in [5.41, 5.74) is 0.693. The van der Waals surface area contributed by atoms with Crippen LogP contribution in [0.15, 0.2) is 48.5 Å². The number of rotatable bonds is 3. The SMILES string of the molecule is CCc1ccccc1[SiH2]c1cccc(C(F)(F)F)c1. The molecule has 4 heteroatoms. The summed E-state index contributed by atoms with van der Waals surface area (Å²) < 4.78 is 38.0. The Bertz CT molecular complexity index is 561. The number of aryl methyl sites for hydroxylation is 1. The zero-order chi connectivity index (χ0) is 13.9. The lowest BCUT2D eigenvalue weighted by Gasteiger charge is -2.10. The first kappa shape index (κ1) is 13.9. The topological polar surface area (TPSA) is 0 Å². The van der Waals surface area contributed by atoms with E-state index in [1.54, 1.807) is 6.07 Å². The predicted octanol–water partition coefficient (Wildman–Crippen LogP) is 2.39. The molecule has 0 saturated heterocycles. The van der Waals surface area contributed by atoms with Crippen LogP contribution in [0.25, 0.3) is 0 Å². The van der Waals surface area contributed by atoms with Gasteiger partial charge in [-0.25, -0.2) is 0 Å². The van der Waals surface area contributed by atoms with Crippen LogP contribution >= 0.6 is 0 Å². The van der Waals surface area contributed by atoms with Crippen LogP contribution in [0, 0.1) is 0 Å². The van der Waals surface area contributed by atoms with E-state index in [1.807, 2.05) is 18.2 Å². The average molecular weight is 280 g/mol. The smallest absolute Gasteiger partial charge is 0.166 e. The second-order valence-corrected chi connectivity index (χ2v) is 6.43. The van der Waals surface area contributed by atoms with Crippen LogP contribution in [0.1, 0.15) is 18.1 Å². The molecule has 0 saturated carbocycles. The molecule has 0 amide bonds. The van der Waals surface area contributed by atoms with E-state index in [2.05, 4.69) is 13.0 Å². The summed E-state index contributed by atoms with van der Waals surface area (Å²) >= 11 is 0. The van der Waals surface area contributed by atoms with Gasteiger partial charge in [0.2, 0.25) is 0 Å². The first-order chi connectivity index (χ1) is 9.00. The molecule has 0 fully saturated rings. The van der Waals surface area contributed by atoms with Crippen molar-refractivity contribution in [1.29, 1.82) is 0 Å². The van der Waals surface area contributed by atoms with Crippen LogP contribution in [0.2, 0.25) is 0 Å². The van der Waals surface area contributed by atoms with Crippen LogP contribution in [0.4, 0.5) is 13.2 Å². The third kappa shape index (κ3) is 3.47. The van der Waals surface area contributed by atoms with E-state index >= 15 is 0 Å². The molecule has 0 aliphatic carbocycles. The van der Waals surface area contributed by atoms with Crippen LogP contribution < -0.4 is 10.4 Å². The van der Waals surface area contributed by atoms with Crippen LogP contribution in [-0.2, 0) is 12.6 Å². The summed E-state index contributed by atoms with van der Waals surface area (Å²) in [5.74, 6) is 0. The summed E-state index contributed by atoms with van der Waals surface area (Å²) in [6, 6.07) is 13.7. The lowest BCUT2D eigenvalue weighted by molar-refractivity contribution is -0.137. The third-order valence-electron chi connectivity index (χ3n) is 3.15. The molecule has 0 heterocycles. The predicted molar refractivity (Wildman–Crippen MR) is 75.1 cm³/mol. The van der Waals surface area contributed by atoms with Gasteiger partial charge in [0.05, 0.1) is 15.1 Å². The maximum absolute atomic E-state index is 12.7. The van der Waals surface area contributed by atoms with Crippen molar-refractivity contribution < 1.29 is 13.2 Å². The lowest BCUT2D eigenvalue weighted by Crippen LogP contribution is -2.30. The number of halogens is 3. The van der Waals surface area contributed by atoms with Gasteiger partial charge in [0, 0.05) is 0 Å². The minimum Gasteiger partial charge on any atom is -0.166 e. The molecule has 2 rings (SSSR count).